The van der Waals surface area contributed by atoms with Gasteiger partial charge in [-0.3, -0.25) is 0 Å². The fourth-order valence-electron chi connectivity index (χ4n) is 8.21. The van der Waals surface area contributed by atoms with Gasteiger partial charge in [0.15, 0.2) is 0 Å². The summed E-state index contributed by atoms with van der Waals surface area (Å²) in [6, 6.07) is 23.2. The van der Waals surface area contributed by atoms with Gasteiger partial charge in [-0.05, 0) is 106 Å². The van der Waals surface area contributed by atoms with Gasteiger partial charge in [0.2, 0.25) is 0 Å². The zero-order valence-electron chi connectivity index (χ0n) is 40.8. The molecule has 0 fully saturated rings. The number of methoxy groups -OCH3 is 2. The lowest BCUT2D eigenvalue weighted by Crippen LogP contribution is -2.24. The highest BCUT2D eigenvalue weighted by Gasteiger charge is 2.32. The Morgan fingerprint density at radius 2 is 1.21 bits per heavy atom. The minimum atomic E-state index is -0.0753. The molecule has 0 aromatic heterocycles. The first-order chi connectivity index (χ1) is 29.5. The number of phenolic OH excluding ortho intramolecular Hbond substituents is 2. The molecule has 0 aliphatic heterocycles. The number of aromatic hydroxyl groups is 2. The third-order valence-corrected chi connectivity index (χ3v) is 12.1. The summed E-state index contributed by atoms with van der Waals surface area (Å²) < 4.78 is 24.5. The van der Waals surface area contributed by atoms with Crippen LogP contribution in [-0.4, -0.2) is 37.6 Å². The summed E-state index contributed by atoms with van der Waals surface area (Å²) in [5, 5.41) is 24.0. The van der Waals surface area contributed by atoms with Crippen molar-refractivity contribution in [1.82, 2.24) is 0 Å². The Bertz CT molecular complexity index is 2350. The van der Waals surface area contributed by atoms with E-state index in [4.69, 9.17) is 18.9 Å². The van der Waals surface area contributed by atoms with Crippen LogP contribution in [0.15, 0.2) is 108 Å². The van der Waals surface area contributed by atoms with Gasteiger partial charge in [0.05, 0.1) is 27.4 Å². The molecule has 0 heterocycles. The molecule has 0 spiro atoms. The van der Waals surface area contributed by atoms with Gasteiger partial charge in [-0.1, -0.05) is 144 Å². The van der Waals surface area contributed by atoms with Gasteiger partial charge >= 0.3 is 0 Å². The number of phenols is 2. The predicted octanol–water partition coefficient (Wildman–Crippen LogP) is 15.4. The molecule has 1 aliphatic rings. The fraction of sp³-hybridized carbons (Fsp3) is 0.439. The number of allylic oxidation sites excluding steroid dienone is 8. The zero-order chi connectivity index (χ0) is 46.4. The average Bonchev–Trinajstić information content (AvgIpc) is 3.21. The van der Waals surface area contributed by atoms with Crippen molar-refractivity contribution in [2.75, 3.05) is 27.4 Å². The van der Waals surface area contributed by atoms with E-state index in [0.717, 1.165) is 34.3 Å². The lowest BCUT2D eigenvalue weighted by atomic mass is 9.69. The third-order valence-electron chi connectivity index (χ3n) is 12.1. The minimum Gasteiger partial charge on any atom is -0.507 e. The number of benzene rings is 4. The van der Waals surface area contributed by atoms with Crippen LogP contribution in [-0.2, 0) is 0 Å². The molecule has 1 aliphatic carbocycles. The first kappa shape index (κ1) is 48.7. The second-order valence-electron chi connectivity index (χ2n) is 20.8. The summed E-state index contributed by atoms with van der Waals surface area (Å²) >= 11 is 0. The Hall–Kier alpha value is -5.36. The highest BCUT2D eigenvalue weighted by atomic mass is 16.5. The van der Waals surface area contributed by atoms with Gasteiger partial charge in [-0.2, -0.15) is 0 Å². The maximum absolute atomic E-state index is 12.1. The molecule has 4 aromatic carbocycles. The number of para-hydroxylation sites is 2. The Kier molecular flexibility index (Phi) is 15.4. The SMILES string of the molecule is COc1cc(C2=CC(C(C)(C)C)=CC(C(C)C)C2C)c(O)c(-c2ccccc2OCCCOc2ccccc2-c2cc(OC)cc(/C(C)=C/C(=C\CC(C)(C)C)C(C)(C)C)c2O)c1. The molecule has 338 valence electrons. The van der Waals surface area contributed by atoms with Crippen molar-refractivity contribution < 1.29 is 29.2 Å². The smallest absolute Gasteiger partial charge is 0.131 e. The Labute approximate surface area is 379 Å². The van der Waals surface area contributed by atoms with Crippen LogP contribution in [0.25, 0.3) is 33.4 Å². The number of ether oxygens (including phenoxy) is 4. The topological polar surface area (TPSA) is 77.4 Å². The van der Waals surface area contributed by atoms with Gasteiger partial charge in [-0.15, -0.1) is 0 Å². The summed E-state index contributed by atoms with van der Waals surface area (Å²) in [4.78, 5) is 0. The van der Waals surface area contributed by atoms with E-state index < -0.39 is 0 Å². The lowest BCUT2D eigenvalue weighted by molar-refractivity contribution is 0.248. The van der Waals surface area contributed by atoms with Crippen LogP contribution in [0.2, 0.25) is 0 Å². The number of hydrogen-bond acceptors (Lipinski definition) is 6. The average molecular weight is 855 g/mol. The highest BCUT2D eigenvalue weighted by Crippen LogP contribution is 2.50. The maximum atomic E-state index is 12.1. The van der Waals surface area contributed by atoms with Crippen molar-refractivity contribution in [3.63, 3.8) is 0 Å². The second-order valence-corrected chi connectivity index (χ2v) is 20.8. The van der Waals surface area contributed by atoms with Crippen LogP contribution in [0.3, 0.4) is 0 Å². The van der Waals surface area contributed by atoms with Crippen LogP contribution >= 0.6 is 0 Å². The van der Waals surface area contributed by atoms with E-state index >= 15 is 0 Å². The second kappa shape index (κ2) is 20.0. The van der Waals surface area contributed by atoms with E-state index in [2.05, 4.69) is 107 Å². The molecule has 2 unspecified atom stereocenters. The quantitative estimate of drug-likeness (QED) is 0.0916. The molecule has 0 saturated carbocycles. The molecule has 0 bridgehead atoms. The standard InChI is InChI=1S/C57H74O6/c1-36(2)45-30-40(57(11,12)13)31-47(38(45)4)50-35-42(61-15)34-49(54(50)59)44-22-17-19-24-52(44)63-28-20-27-62-51-23-18-16-21-43(51)48-33-41(60-14)32-46(53(48)58)37(3)29-39(56(8,9)10)25-26-55(5,6)7/h16-19,21-25,29-36,38,45,58-59H,20,26-28H2,1-15H3/b37-29+,39-25+. The number of rotatable bonds is 15. The van der Waals surface area contributed by atoms with Gasteiger partial charge in [0.25, 0.3) is 0 Å². The molecule has 4 aromatic rings. The van der Waals surface area contributed by atoms with Gasteiger partial charge in [-0.25, -0.2) is 0 Å². The van der Waals surface area contributed by atoms with Crippen molar-refractivity contribution >= 4 is 11.1 Å². The van der Waals surface area contributed by atoms with Crippen molar-refractivity contribution in [2.45, 2.75) is 103 Å². The van der Waals surface area contributed by atoms with Crippen molar-refractivity contribution in [3.8, 4) is 56.8 Å². The van der Waals surface area contributed by atoms with E-state index in [1.54, 1.807) is 14.2 Å². The van der Waals surface area contributed by atoms with E-state index in [1.807, 2.05) is 79.7 Å². The van der Waals surface area contributed by atoms with E-state index in [-0.39, 0.29) is 33.7 Å². The van der Waals surface area contributed by atoms with Crippen LogP contribution in [0.4, 0.5) is 0 Å². The molecular formula is C57H74O6. The third kappa shape index (κ3) is 12.0. The molecule has 5 rings (SSSR count). The molecule has 2 atom stereocenters. The molecular weight excluding hydrogens is 781 g/mol. The van der Waals surface area contributed by atoms with Gasteiger partial charge in [0.1, 0.15) is 34.5 Å². The van der Waals surface area contributed by atoms with Crippen molar-refractivity contribution in [1.29, 1.82) is 0 Å². The highest BCUT2D eigenvalue weighted by molar-refractivity contribution is 5.87. The normalized spacial score (nSPS) is 16.4. The van der Waals surface area contributed by atoms with Gasteiger partial charge < -0.3 is 29.2 Å². The van der Waals surface area contributed by atoms with Crippen LogP contribution in [0.1, 0.15) is 114 Å². The Morgan fingerprint density at radius 1 is 0.698 bits per heavy atom. The van der Waals surface area contributed by atoms with Crippen LogP contribution < -0.4 is 18.9 Å². The minimum absolute atomic E-state index is 0.0423. The molecule has 6 nitrogen and oxygen atoms in total. The molecule has 2 N–H and O–H groups in total. The molecule has 63 heavy (non-hydrogen) atoms. The molecule has 6 heteroatoms. The van der Waals surface area contributed by atoms with E-state index in [1.165, 1.54) is 11.1 Å². The van der Waals surface area contributed by atoms with E-state index in [0.29, 0.717) is 71.2 Å². The first-order valence-corrected chi connectivity index (χ1v) is 22.6. The molecule has 0 amide bonds. The first-order valence-electron chi connectivity index (χ1n) is 22.6. The monoisotopic (exact) mass is 855 g/mol. The molecule has 0 radical (unpaired) electrons. The lowest BCUT2D eigenvalue weighted by Gasteiger charge is -2.36. The predicted molar refractivity (Wildman–Crippen MR) is 264 cm³/mol. The van der Waals surface area contributed by atoms with Gasteiger partial charge in [0, 0.05) is 39.8 Å². The largest absolute Gasteiger partial charge is 0.507 e. The Balaban J connectivity index is 1.38. The summed E-state index contributed by atoms with van der Waals surface area (Å²) in [6.07, 6.45) is 10.7. The Morgan fingerprint density at radius 3 is 1.70 bits per heavy atom. The van der Waals surface area contributed by atoms with Crippen molar-refractivity contribution in [3.05, 3.63) is 119 Å². The van der Waals surface area contributed by atoms with Crippen LogP contribution in [0.5, 0.6) is 34.5 Å². The summed E-state index contributed by atoms with van der Waals surface area (Å²) in [6.45, 7) is 29.7. The summed E-state index contributed by atoms with van der Waals surface area (Å²) in [5.74, 6) is 3.98. The van der Waals surface area contributed by atoms with E-state index in [9.17, 15) is 10.2 Å². The molecule has 0 saturated heterocycles. The van der Waals surface area contributed by atoms with Crippen LogP contribution in [0, 0.1) is 34.0 Å². The summed E-state index contributed by atoms with van der Waals surface area (Å²) in [5.41, 5.74) is 8.92. The number of hydrogen-bond donors (Lipinski definition) is 2. The fourth-order valence-corrected chi connectivity index (χ4v) is 8.21. The maximum Gasteiger partial charge on any atom is 0.131 e. The van der Waals surface area contributed by atoms with Crippen molar-refractivity contribution in [2.24, 2.45) is 34.0 Å². The zero-order valence-corrected chi connectivity index (χ0v) is 40.8. The summed E-state index contributed by atoms with van der Waals surface area (Å²) in [7, 11) is 3.31.